The van der Waals surface area contributed by atoms with Gasteiger partial charge in [0, 0.05) is 28.4 Å². The van der Waals surface area contributed by atoms with Gasteiger partial charge in [-0.2, -0.15) is 0 Å². The minimum Gasteiger partial charge on any atom is -0.374 e. The molecule has 1 aromatic carbocycles. The number of nitrogens with zero attached hydrogens (tertiary/aromatic N) is 3. The average Bonchev–Trinajstić information content (AvgIpc) is 3.03. The summed E-state index contributed by atoms with van der Waals surface area (Å²) in [5.41, 5.74) is 2.07. The Labute approximate surface area is 124 Å². The zero-order valence-electron chi connectivity index (χ0n) is 10.3. The zero-order chi connectivity index (χ0) is 14.0. The fraction of sp³-hybridized carbons (Fsp3) is 0.0714. The minimum absolute atomic E-state index is 0.541. The summed E-state index contributed by atoms with van der Waals surface area (Å²) in [4.78, 5) is 12.2. The number of halogens is 1. The third-order valence-corrected chi connectivity index (χ3v) is 3.88. The average molecular weight is 304 g/mol. The van der Waals surface area contributed by atoms with E-state index in [1.54, 1.807) is 42.2 Å². The molecule has 0 aliphatic rings. The van der Waals surface area contributed by atoms with Crippen LogP contribution in [0, 0.1) is 0 Å². The van der Waals surface area contributed by atoms with Crippen LogP contribution in [0.1, 0.15) is 16.8 Å². The molecule has 100 valence electrons. The molecular formula is C14H10ClN3OS. The van der Waals surface area contributed by atoms with Crippen LogP contribution in [-0.2, 0) is 5.60 Å². The van der Waals surface area contributed by atoms with Crippen molar-refractivity contribution in [2.24, 2.45) is 0 Å². The molecule has 2 aromatic heterocycles. The SMILES string of the molecule is OC(c1ccc(Cl)cc1)(c1cncnc1)c1cscn1. The smallest absolute Gasteiger partial charge is 0.161 e. The molecule has 1 atom stereocenters. The van der Waals surface area contributed by atoms with Gasteiger partial charge in [0.2, 0.25) is 0 Å². The molecule has 4 nitrogen and oxygen atoms in total. The fourth-order valence-electron chi connectivity index (χ4n) is 2.03. The van der Waals surface area contributed by atoms with E-state index in [1.807, 2.05) is 5.38 Å². The van der Waals surface area contributed by atoms with Crippen LogP contribution in [-0.4, -0.2) is 20.1 Å². The van der Waals surface area contributed by atoms with Gasteiger partial charge >= 0.3 is 0 Å². The molecule has 0 spiro atoms. The van der Waals surface area contributed by atoms with Gasteiger partial charge in [0.05, 0.1) is 11.2 Å². The van der Waals surface area contributed by atoms with E-state index >= 15 is 0 Å². The van der Waals surface area contributed by atoms with Crippen molar-refractivity contribution < 1.29 is 5.11 Å². The molecule has 0 radical (unpaired) electrons. The molecule has 2 heterocycles. The zero-order valence-corrected chi connectivity index (χ0v) is 11.8. The third kappa shape index (κ3) is 2.20. The largest absolute Gasteiger partial charge is 0.374 e. The van der Waals surface area contributed by atoms with E-state index in [1.165, 1.54) is 17.7 Å². The second-order valence-corrected chi connectivity index (χ2v) is 5.37. The topological polar surface area (TPSA) is 58.9 Å². The number of benzene rings is 1. The van der Waals surface area contributed by atoms with Crippen molar-refractivity contribution >= 4 is 22.9 Å². The first-order valence-electron chi connectivity index (χ1n) is 5.84. The van der Waals surface area contributed by atoms with Gasteiger partial charge in [-0.15, -0.1) is 11.3 Å². The Hall–Kier alpha value is -1.82. The van der Waals surface area contributed by atoms with Gasteiger partial charge in [0.25, 0.3) is 0 Å². The lowest BCUT2D eigenvalue weighted by Gasteiger charge is -2.26. The van der Waals surface area contributed by atoms with E-state index in [0.717, 1.165) is 0 Å². The Morgan fingerprint density at radius 2 is 1.75 bits per heavy atom. The molecule has 0 saturated carbocycles. The summed E-state index contributed by atoms with van der Waals surface area (Å²) in [7, 11) is 0. The number of hydrogen-bond acceptors (Lipinski definition) is 5. The fourth-order valence-corrected chi connectivity index (χ4v) is 2.75. The van der Waals surface area contributed by atoms with Crippen LogP contribution in [0.5, 0.6) is 0 Å². The van der Waals surface area contributed by atoms with Crippen LogP contribution in [0.4, 0.5) is 0 Å². The number of aromatic nitrogens is 3. The van der Waals surface area contributed by atoms with E-state index in [9.17, 15) is 5.11 Å². The maximum atomic E-state index is 11.2. The van der Waals surface area contributed by atoms with E-state index in [0.29, 0.717) is 21.8 Å². The minimum atomic E-state index is -1.38. The summed E-state index contributed by atoms with van der Waals surface area (Å²) in [6.45, 7) is 0. The summed E-state index contributed by atoms with van der Waals surface area (Å²) >= 11 is 7.33. The highest BCUT2D eigenvalue weighted by atomic mass is 35.5. The lowest BCUT2D eigenvalue weighted by atomic mass is 9.85. The number of hydrogen-bond donors (Lipinski definition) is 1. The third-order valence-electron chi connectivity index (χ3n) is 3.04. The Morgan fingerprint density at radius 3 is 2.35 bits per heavy atom. The maximum Gasteiger partial charge on any atom is 0.161 e. The molecule has 0 amide bonds. The molecule has 0 saturated heterocycles. The summed E-state index contributed by atoms with van der Waals surface area (Å²) in [6.07, 6.45) is 4.59. The van der Waals surface area contributed by atoms with Gasteiger partial charge in [-0.3, -0.25) is 0 Å². The van der Waals surface area contributed by atoms with Crippen LogP contribution in [0.2, 0.25) is 5.02 Å². The van der Waals surface area contributed by atoms with Gasteiger partial charge in [0.1, 0.15) is 6.33 Å². The molecule has 3 rings (SSSR count). The quantitative estimate of drug-likeness (QED) is 0.808. The Kier molecular flexibility index (Phi) is 3.48. The molecule has 3 aromatic rings. The van der Waals surface area contributed by atoms with Crippen LogP contribution in [0.3, 0.4) is 0 Å². The molecule has 1 N–H and O–H groups in total. The van der Waals surface area contributed by atoms with E-state index < -0.39 is 5.60 Å². The van der Waals surface area contributed by atoms with Crippen molar-refractivity contribution in [3.8, 4) is 0 Å². The number of rotatable bonds is 3. The Bertz CT molecular complexity index is 688. The van der Waals surface area contributed by atoms with Crippen LogP contribution < -0.4 is 0 Å². The van der Waals surface area contributed by atoms with Crippen LogP contribution >= 0.6 is 22.9 Å². The van der Waals surface area contributed by atoms with Crippen LogP contribution in [0.15, 0.2) is 53.9 Å². The van der Waals surface area contributed by atoms with E-state index in [2.05, 4.69) is 15.0 Å². The summed E-state index contributed by atoms with van der Waals surface area (Å²) < 4.78 is 0. The number of thiazole rings is 1. The molecule has 20 heavy (non-hydrogen) atoms. The lowest BCUT2D eigenvalue weighted by Crippen LogP contribution is -2.29. The van der Waals surface area contributed by atoms with E-state index in [-0.39, 0.29) is 0 Å². The summed E-state index contributed by atoms with van der Waals surface area (Å²) in [5.74, 6) is 0. The second-order valence-electron chi connectivity index (χ2n) is 4.22. The molecular weight excluding hydrogens is 294 g/mol. The predicted octanol–water partition coefficient (Wildman–Crippen LogP) is 2.87. The van der Waals surface area contributed by atoms with E-state index in [4.69, 9.17) is 11.6 Å². The van der Waals surface area contributed by atoms with Crippen molar-refractivity contribution in [2.45, 2.75) is 5.60 Å². The van der Waals surface area contributed by atoms with Gasteiger partial charge in [-0.25, -0.2) is 15.0 Å². The molecule has 0 bridgehead atoms. The molecule has 0 aliphatic carbocycles. The van der Waals surface area contributed by atoms with Crippen molar-refractivity contribution in [2.75, 3.05) is 0 Å². The second kappa shape index (κ2) is 5.28. The molecule has 0 fully saturated rings. The predicted molar refractivity (Wildman–Crippen MR) is 77.7 cm³/mol. The van der Waals surface area contributed by atoms with Crippen molar-refractivity contribution in [3.05, 3.63) is 75.7 Å². The van der Waals surface area contributed by atoms with Gasteiger partial charge in [0.15, 0.2) is 5.60 Å². The highest BCUT2D eigenvalue weighted by Gasteiger charge is 2.36. The van der Waals surface area contributed by atoms with Crippen molar-refractivity contribution in [3.63, 3.8) is 0 Å². The van der Waals surface area contributed by atoms with Crippen molar-refractivity contribution in [1.82, 2.24) is 15.0 Å². The number of aliphatic hydroxyl groups is 1. The highest BCUT2D eigenvalue weighted by molar-refractivity contribution is 7.07. The Balaban J connectivity index is 2.21. The van der Waals surface area contributed by atoms with Crippen LogP contribution in [0.25, 0.3) is 0 Å². The molecule has 0 aliphatic heterocycles. The molecule has 1 unspecified atom stereocenters. The first-order chi connectivity index (χ1) is 9.71. The monoisotopic (exact) mass is 303 g/mol. The van der Waals surface area contributed by atoms with Gasteiger partial charge < -0.3 is 5.11 Å². The van der Waals surface area contributed by atoms with Gasteiger partial charge in [-0.05, 0) is 17.7 Å². The first kappa shape index (κ1) is 13.2. The maximum absolute atomic E-state index is 11.2. The standard InChI is InChI=1S/C14H10ClN3OS/c15-12-3-1-10(2-4-12)14(19,13-7-20-9-18-13)11-5-16-8-17-6-11/h1-9,19H. The normalized spacial score (nSPS) is 13.9. The Morgan fingerprint density at radius 1 is 1.05 bits per heavy atom. The van der Waals surface area contributed by atoms with Crippen molar-refractivity contribution in [1.29, 1.82) is 0 Å². The first-order valence-corrected chi connectivity index (χ1v) is 7.16. The summed E-state index contributed by atoms with van der Waals surface area (Å²) in [6, 6.07) is 7.01. The van der Waals surface area contributed by atoms with Gasteiger partial charge in [-0.1, -0.05) is 23.7 Å². The highest BCUT2D eigenvalue weighted by Crippen LogP contribution is 2.35. The lowest BCUT2D eigenvalue weighted by molar-refractivity contribution is 0.120. The summed E-state index contributed by atoms with van der Waals surface area (Å²) in [5, 5.41) is 13.6. The molecule has 6 heteroatoms.